The fourth-order valence-corrected chi connectivity index (χ4v) is 3.44. The van der Waals surface area contributed by atoms with Gasteiger partial charge in [-0.15, -0.1) is 0 Å². The van der Waals surface area contributed by atoms with Gasteiger partial charge in [0.05, 0.1) is 0 Å². The van der Waals surface area contributed by atoms with Crippen molar-refractivity contribution in [2.45, 2.75) is 44.3 Å². The van der Waals surface area contributed by atoms with E-state index in [9.17, 15) is 8.42 Å². The summed E-state index contributed by atoms with van der Waals surface area (Å²) in [4.78, 5) is 4.13. The highest BCUT2D eigenvalue weighted by Gasteiger charge is 2.24. The van der Waals surface area contributed by atoms with Gasteiger partial charge in [0.25, 0.3) is 10.0 Å². The third-order valence-electron chi connectivity index (χ3n) is 3.37. The van der Waals surface area contributed by atoms with Gasteiger partial charge in [0, 0.05) is 31.9 Å². The van der Waals surface area contributed by atoms with E-state index in [1.165, 1.54) is 17.1 Å². The number of hydrogen-bond donors (Lipinski definition) is 1. The first-order valence-corrected chi connectivity index (χ1v) is 8.70. The van der Waals surface area contributed by atoms with Crippen LogP contribution in [0.2, 0.25) is 0 Å². The maximum Gasteiger partial charge on any atom is 0.260 e. The van der Waals surface area contributed by atoms with Crippen molar-refractivity contribution in [3.63, 3.8) is 0 Å². The van der Waals surface area contributed by atoms with E-state index in [1.54, 1.807) is 12.3 Å². The third kappa shape index (κ3) is 4.36. The largest absolute Gasteiger partial charge is 0.310 e. The average molecular weight is 309 g/mol. The summed E-state index contributed by atoms with van der Waals surface area (Å²) in [6.45, 7) is 8.87. The van der Waals surface area contributed by atoms with Crippen molar-refractivity contribution < 1.29 is 8.42 Å². The maximum absolute atomic E-state index is 12.5. The van der Waals surface area contributed by atoms with Crippen molar-refractivity contribution in [3.05, 3.63) is 36.0 Å². The third-order valence-corrected chi connectivity index (χ3v) is 5.21. The highest BCUT2D eigenvalue weighted by atomic mass is 32.2. The molecule has 0 unspecified atom stereocenters. The van der Waals surface area contributed by atoms with Gasteiger partial charge in [-0.25, -0.2) is 13.4 Å². The second-order valence-electron chi connectivity index (χ2n) is 5.55. The molecular formula is C15H23N3O2S. The van der Waals surface area contributed by atoms with Crippen LogP contribution in [0, 0.1) is 0 Å². The Bertz CT molecular complexity index is 592. The molecule has 1 aromatic rings. The molecule has 1 saturated carbocycles. The molecule has 6 heteroatoms. The molecule has 5 nitrogen and oxygen atoms in total. The second kappa shape index (κ2) is 6.68. The molecular weight excluding hydrogens is 286 g/mol. The van der Waals surface area contributed by atoms with E-state index in [1.807, 2.05) is 19.9 Å². The van der Waals surface area contributed by atoms with Gasteiger partial charge in [0.2, 0.25) is 0 Å². The van der Waals surface area contributed by atoms with Crippen LogP contribution in [0.25, 0.3) is 0 Å². The van der Waals surface area contributed by atoms with Crippen molar-refractivity contribution >= 4 is 10.0 Å². The summed E-state index contributed by atoms with van der Waals surface area (Å²) < 4.78 is 26.4. The van der Waals surface area contributed by atoms with E-state index < -0.39 is 10.0 Å². The van der Waals surface area contributed by atoms with Crippen molar-refractivity contribution in [3.8, 4) is 0 Å². The zero-order valence-electron chi connectivity index (χ0n) is 12.7. The average Bonchev–Trinajstić information content (AvgIpc) is 3.27. The van der Waals surface area contributed by atoms with Crippen molar-refractivity contribution in [2.75, 3.05) is 13.1 Å². The Morgan fingerprint density at radius 2 is 2.19 bits per heavy atom. The highest BCUT2D eigenvalue weighted by molar-refractivity contribution is 7.89. The summed E-state index contributed by atoms with van der Waals surface area (Å²) in [6.07, 6.45) is 4.09. The van der Waals surface area contributed by atoms with Crippen LogP contribution in [0.3, 0.4) is 0 Å². The van der Waals surface area contributed by atoms with Crippen LogP contribution in [0.1, 0.15) is 32.3 Å². The van der Waals surface area contributed by atoms with E-state index >= 15 is 0 Å². The van der Waals surface area contributed by atoms with E-state index in [2.05, 4.69) is 16.9 Å². The quantitative estimate of drug-likeness (QED) is 0.745. The molecule has 0 spiro atoms. The lowest BCUT2D eigenvalue weighted by molar-refractivity contribution is 0.450. The van der Waals surface area contributed by atoms with Crippen LogP contribution in [-0.4, -0.2) is 36.8 Å². The molecule has 1 N–H and O–H groups in total. The molecule has 21 heavy (non-hydrogen) atoms. The van der Waals surface area contributed by atoms with Crippen LogP contribution >= 0.6 is 0 Å². The SMILES string of the molecule is C=C(C)CN(CC)S(=O)(=O)c1ccc(CNC2CC2)cn1. The lowest BCUT2D eigenvalue weighted by Gasteiger charge is -2.20. The fourth-order valence-electron chi connectivity index (χ4n) is 2.02. The molecule has 1 fully saturated rings. The zero-order chi connectivity index (χ0) is 15.5. The first kappa shape index (κ1) is 16.1. The summed E-state index contributed by atoms with van der Waals surface area (Å²) in [5.74, 6) is 0. The summed E-state index contributed by atoms with van der Waals surface area (Å²) in [5.41, 5.74) is 1.81. The molecule has 1 heterocycles. The number of rotatable bonds is 8. The van der Waals surface area contributed by atoms with E-state index in [0.717, 1.165) is 17.7 Å². The molecule has 0 atom stereocenters. The second-order valence-corrected chi connectivity index (χ2v) is 7.43. The summed E-state index contributed by atoms with van der Waals surface area (Å²) in [7, 11) is -3.54. The number of pyridine rings is 1. The minimum atomic E-state index is -3.54. The Kier molecular flexibility index (Phi) is 5.13. The lowest BCUT2D eigenvalue weighted by atomic mass is 10.3. The van der Waals surface area contributed by atoms with Gasteiger partial charge in [-0.3, -0.25) is 0 Å². The number of aromatic nitrogens is 1. The molecule has 0 bridgehead atoms. The molecule has 0 saturated heterocycles. The molecule has 1 aromatic heterocycles. The molecule has 116 valence electrons. The van der Waals surface area contributed by atoms with E-state index in [0.29, 0.717) is 19.1 Å². The summed E-state index contributed by atoms with van der Waals surface area (Å²) in [6, 6.07) is 4.03. The molecule has 0 amide bonds. The number of nitrogens with one attached hydrogen (secondary N) is 1. The van der Waals surface area contributed by atoms with Crippen molar-refractivity contribution in [2.24, 2.45) is 0 Å². The molecule has 1 aliphatic rings. The van der Waals surface area contributed by atoms with Crippen LogP contribution in [0.5, 0.6) is 0 Å². The Hall–Kier alpha value is -1.24. The molecule has 0 aromatic carbocycles. The van der Waals surface area contributed by atoms with Crippen molar-refractivity contribution in [1.29, 1.82) is 0 Å². The smallest absolute Gasteiger partial charge is 0.260 e. The topological polar surface area (TPSA) is 62.3 Å². The predicted octanol–water partition coefficient (Wildman–Crippen LogP) is 1.92. The molecule has 0 radical (unpaired) electrons. The monoisotopic (exact) mass is 309 g/mol. The van der Waals surface area contributed by atoms with Gasteiger partial charge < -0.3 is 5.32 Å². The van der Waals surface area contributed by atoms with Gasteiger partial charge in [0.1, 0.15) is 0 Å². The number of sulfonamides is 1. The zero-order valence-corrected chi connectivity index (χ0v) is 13.5. The maximum atomic E-state index is 12.5. The predicted molar refractivity (Wildman–Crippen MR) is 83.3 cm³/mol. The van der Waals surface area contributed by atoms with Crippen LogP contribution < -0.4 is 5.32 Å². The van der Waals surface area contributed by atoms with Crippen LogP contribution in [0.4, 0.5) is 0 Å². The van der Waals surface area contributed by atoms with E-state index in [4.69, 9.17) is 0 Å². The summed E-state index contributed by atoms with van der Waals surface area (Å²) >= 11 is 0. The standard InChI is InChI=1S/C15H23N3O2S/c1-4-18(11-12(2)3)21(19,20)15-8-5-13(10-17-15)9-16-14-6-7-14/h5,8,10,14,16H,2,4,6-7,9,11H2,1,3H3. The lowest BCUT2D eigenvalue weighted by Crippen LogP contribution is -2.32. The molecule has 2 rings (SSSR count). The molecule has 1 aliphatic carbocycles. The van der Waals surface area contributed by atoms with Gasteiger partial charge >= 0.3 is 0 Å². The Morgan fingerprint density at radius 1 is 1.48 bits per heavy atom. The Morgan fingerprint density at radius 3 is 2.67 bits per heavy atom. The minimum Gasteiger partial charge on any atom is -0.310 e. The number of nitrogens with zero attached hydrogens (tertiary/aromatic N) is 2. The highest BCUT2D eigenvalue weighted by Crippen LogP contribution is 2.19. The van der Waals surface area contributed by atoms with Crippen molar-refractivity contribution in [1.82, 2.24) is 14.6 Å². The fraction of sp³-hybridized carbons (Fsp3) is 0.533. The normalized spacial score (nSPS) is 15.4. The number of likely N-dealkylation sites (N-methyl/N-ethyl adjacent to an activating group) is 1. The van der Waals surface area contributed by atoms with Gasteiger partial charge in [0.15, 0.2) is 5.03 Å². The van der Waals surface area contributed by atoms with Crippen LogP contribution in [0.15, 0.2) is 35.5 Å². The first-order chi connectivity index (χ1) is 9.93. The van der Waals surface area contributed by atoms with Gasteiger partial charge in [-0.2, -0.15) is 4.31 Å². The molecule has 0 aliphatic heterocycles. The first-order valence-electron chi connectivity index (χ1n) is 7.26. The van der Waals surface area contributed by atoms with Gasteiger partial charge in [-0.05, 0) is 31.4 Å². The Labute approximate surface area is 127 Å². The Balaban J connectivity index is 2.09. The summed E-state index contributed by atoms with van der Waals surface area (Å²) in [5, 5.41) is 3.48. The van der Waals surface area contributed by atoms with Crippen LogP contribution in [-0.2, 0) is 16.6 Å². The van der Waals surface area contributed by atoms with E-state index in [-0.39, 0.29) is 5.03 Å². The van der Waals surface area contributed by atoms with Gasteiger partial charge in [-0.1, -0.05) is 25.1 Å². The number of hydrogen-bond acceptors (Lipinski definition) is 4. The minimum absolute atomic E-state index is 0.0979.